The minimum atomic E-state index is 0.497. The van der Waals surface area contributed by atoms with Gasteiger partial charge >= 0.3 is 0 Å². The maximum atomic E-state index is 5.39. The SMILES string of the molecule is COc1ccccc1Nc1nc(NC2CCCC2)c2cc[nH]c2n1. The molecule has 1 aromatic carbocycles. The largest absolute Gasteiger partial charge is 0.495 e. The first-order valence-electron chi connectivity index (χ1n) is 8.35. The average molecular weight is 323 g/mol. The van der Waals surface area contributed by atoms with E-state index in [1.807, 2.05) is 36.5 Å². The maximum Gasteiger partial charge on any atom is 0.231 e. The van der Waals surface area contributed by atoms with Gasteiger partial charge in [0.1, 0.15) is 17.2 Å². The third kappa shape index (κ3) is 2.87. The second-order valence-corrected chi connectivity index (χ2v) is 6.09. The van der Waals surface area contributed by atoms with Crippen molar-refractivity contribution in [2.75, 3.05) is 17.7 Å². The molecule has 6 heteroatoms. The van der Waals surface area contributed by atoms with E-state index < -0.39 is 0 Å². The lowest BCUT2D eigenvalue weighted by Gasteiger charge is -2.15. The summed E-state index contributed by atoms with van der Waals surface area (Å²) in [6, 6.07) is 10.3. The first kappa shape index (κ1) is 14.8. The number of anilines is 3. The second kappa shape index (κ2) is 6.39. The zero-order chi connectivity index (χ0) is 16.4. The van der Waals surface area contributed by atoms with Gasteiger partial charge in [0.2, 0.25) is 5.95 Å². The molecule has 0 amide bonds. The first-order valence-corrected chi connectivity index (χ1v) is 8.35. The van der Waals surface area contributed by atoms with Gasteiger partial charge in [0, 0.05) is 12.2 Å². The molecule has 3 aromatic rings. The van der Waals surface area contributed by atoms with Crippen LogP contribution in [0.2, 0.25) is 0 Å². The van der Waals surface area contributed by atoms with Gasteiger partial charge in [0.15, 0.2) is 0 Å². The third-order valence-electron chi connectivity index (χ3n) is 4.47. The molecule has 1 aliphatic rings. The highest BCUT2D eigenvalue weighted by atomic mass is 16.5. The van der Waals surface area contributed by atoms with Gasteiger partial charge in [-0.15, -0.1) is 0 Å². The molecule has 2 aromatic heterocycles. The fraction of sp³-hybridized carbons (Fsp3) is 0.333. The average Bonchev–Trinajstić information content (AvgIpc) is 3.27. The van der Waals surface area contributed by atoms with Crippen molar-refractivity contribution < 1.29 is 4.74 Å². The van der Waals surface area contributed by atoms with Crippen LogP contribution in [0.25, 0.3) is 11.0 Å². The fourth-order valence-corrected chi connectivity index (χ4v) is 3.24. The summed E-state index contributed by atoms with van der Waals surface area (Å²) in [5, 5.41) is 7.87. The summed E-state index contributed by atoms with van der Waals surface area (Å²) in [4.78, 5) is 12.4. The standard InChI is InChI=1S/C18H21N5O/c1-24-15-9-5-4-8-14(15)21-18-22-16-13(10-11-19-16)17(23-18)20-12-6-2-3-7-12/h4-5,8-12H,2-3,6-7H2,1H3,(H3,19,20,21,22,23). The van der Waals surface area contributed by atoms with Crippen molar-refractivity contribution in [3.8, 4) is 5.75 Å². The van der Waals surface area contributed by atoms with E-state index in [0.717, 1.165) is 28.3 Å². The lowest BCUT2D eigenvalue weighted by Crippen LogP contribution is -2.16. The number of nitrogens with one attached hydrogen (secondary N) is 3. The molecule has 0 saturated heterocycles. The molecule has 0 aliphatic heterocycles. The topological polar surface area (TPSA) is 74.9 Å². The molecule has 0 radical (unpaired) electrons. The Hall–Kier alpha value is -2.76. The van der Waals surface area contributed by atoms with Crippen LogP contribution < -0.4 is 15.4 Å². The molecule has 0 atom stereocenters. The van der Waals surface area contributed by atoms with Crippen molar-refractivity contribution in [1.82, 2.24) is 15.0 Å². The van der Waals surface area contributed by atoms with E-state index in [9.17, 15) is 0 Å². The van der Waals surface area contributed by atoms with Crippen molar-refractivity contribution in [3.63, 3.8) is 0 Å². The van der Waals surface area contributed by atoms with E-state index in [4.69, 9.17) is 9.72 Å². The Bertz CT molecular complexity index is 838. The summed E-state index contributed by atoms with van der Waals surface area (Å²) in [5.41, 5.74) is 1.67. The molecule has 1 fully saturated rings. The van der Waals surface area contributed by atoms with Crippen LogP contribution in [0, 0.1) is 0 Å². The number of benzene rings is 1. The minimum absolute atomic E-state index is 0.497. The Morgan fingerprint density at radius 3 is 2.79 bits per heavy atom. The Morgan fingerprint density at radius 1 is 1.12 bits per heavy atom. The van der Waals surface area contributed by atoms with Crippen LogP contribution >= 0.6 is 0 Å². The van der Waals surface area contributed by atoms with Crippen LogP contribution in [-0.4, -0.2) is 28.1 Å². The van der Waals surface area contributed by atoms with Gasteiger partial charge in [-0.05, 0) is 31.0 Å². The smallest absolute Gasteiger partial charge is 0.231 e. The van der Waals surface area contributed by atoms with Gasteiger partial charge < -0.3 is 20.4 Å². The van der Waals surface area contributed by atoms with Gasteiger partial charge in [0.05, 0.1) is 18.2 Å². The van der Waals surface area contributed by atoms with Crippen LogP contribution in [-0.2, 0) is 0 Å². The predicted molar refractivity (Wildman–Crippen MR) is 96.0 cm³/mol. The van der Waals surface area contributed by atoms with E-state index in [-0.39, 0.29) is 0 Å². The summed E-state index contributed by atoms with van der Waals surface area (Å²) < 4.78 is 5.39. The van der Waals surface area contributed by atoms with Gasteiger partial charge in [0.25, 0.3) is 0 Å². The number of aromatic amines is 1. The molecular formula is C18H21N5O. The Kier molecular flexibility index (Phi) is 3.94. The molecule has 4 rings (SSSR count). The number of aromatic nitrogens is 3. The van der Waals surface area contributed by atoms with Crippen molar-refractivity contribution in [3.05, 3.63) is 36.5 Å². The quantitative estimate of drug-likeness (QED) is 0.660. The predicted octanol–water partition coefficient (Wildman–Crippen LogP) is 4.06. The van der Waals surface area contributed by atoms with Gasteiger partial charge in [-0.2, -0.15) is 9.97 Å². The summed E-state index contributed by atoms with van der Waals surface area (Å²) in [7, 11) is 1.66. The summed E-state index contributed by atoms with van der Waals surface area (Å²) in [6.07, 6.45) is 6.86. The van der Waals surface area contributed by atoms with Crippen molar-refractivity contribution in [2.24, 2.45) is 0 Å². The van der Waals surface area contributed by atoms with E-state index in [2.05, 4.69) is 20.6 Å². The number of nitrogens with zero attached hydrogens (tertiary/aromatic N) is 2. The summed E-state index contributed by atoms with van der Waals surface area (Å²) >= 11 is 0. The molecule has 1 aliphatic carbocycles. The molecule has 1 saturated carbocycles. The van der Waals surface area contributed by atoms with Crippen LogP contribution in [0.15, 0.2) is 36.5 Å². The molecule has 24 heavy (non-hydrogen) atoms. The molecule has 0 spiro atoms. The molecule has 0 unspecified atom stereocenters. The van der Waals surface area contributed by atoms with Gasteiger partial charge in [-0.1, -0.05) is 25.0 Å². The monoisotopic (exact) mass is 323 g/mol. The number of H-pyrrole nitrogens is 1. The second-order valence-electron chi connectivity index (χ2n) is 6.09. The Balaban J connectivity index is 1.67. The molecular weight excluding hydrogens is 302 g/mol. The van der Waals surface area contributed by atoms with E-state index in [1.54, 1.807) is 7.11 Å². The third-order valence-corrected chi connectivity index (χ3v) is 4.47. The van der Waals surface area contributed by atoms with Crippen LogP contribution in [0.1, 0.15) is 25.7 Å². The van der Waals surface area contributed by atoms with Crippen LogP contribution in [0.5, 0.6) is 5.75 Å². The number of para-hydroxylation sites is 2. The zero-order valence-electron chi connectivity index (χ0n) is 13.7. The van der Waals surface area contributed by atoms with Crippen molar-refractivity contribution >= 4 is 28.5 Å². The lowest BCUT2D eigenvalue weighted by atomic mass is 10.2. The number of methoxy groups -OCH3 is 1. The number of ether oxygens (including phenoxy) is 1. The molecule has 2 heterocycles. The Morgan fingerprint density at radius 2 is 1.96 bits per heavy atom. The summed E-state index contributed by atoms with van der Waals surface area (Å²) in [5.74, 6) is 2.19. The zero-order valence-corrected chi connectivity index (χ0v) is 13.7. The van der Waals surface area contributed by atoms with Crippen molar-refractivity contribution in [2.45, 2.75) is 31.7 Å². The maximum absolute atomic E-state index is 5.39. The Labute approximate surface area is 140 Å². The molecule has 3 N–H and O–H groups in total. The minimum Gasteiger partial charge on any atom is -0.495 e. The molecule has 0 bridgehead atoms. The van der Waals surface area contributed by atoms with Crippen LogP contribution in [0.4, 0.5) is 17.5 Å². The first-order chi connectivity index (χ1) is 11.8. The highest BCUT2D eigenvalue weighted by Gasteiger charge is 2.18. The number of hydrogen-bond acceptors (Lipinski definition) is 5. The van der Waals surface area contributed by atoms with E-state index in [1.165, 1.54) is 25.7 Å². The number of hydrogen-bond donors (Lipinski definition) is 3. The van der Waals surface area contributed by atoms with Crippen LogP contribution in [0.3, 0.4) is 0 Å². The highest BCUT2D eigenvalue weighted by molar-refractivity contribution is 5.88. The molecule has 124 valence electrons. The van der Waals surface area contributed by atoms with Gasteiger partial charge in [-0.25, -0.2) is 0 Å². The number of rotatable bonds is 5. The highest BCUT2D eigenvalue weighted by Crippen LogP contribution is 2.29. The van der Waals surface area contributed by atoms with Crippen molar-refractivity contribution in [1.29, 1.82) is 0 Å². The molecule has 6 nitrogen and oxygen atoms in total. The lowest BCUT2D eigenvalue weighted by molar-refractivity contribution is 0.417. The van der Waals surface area contributed by atoms with Gasteiger partial charge in [-0.3, -0.25) is 0 Å². The normalized spacial score (nSPS) is 14.9. The fourth-order valence-electron chi connectivity index (χ4n) is 3.24. The van der Waals surface area contributed by atoms with E-state index >= 15 is 0 Å². The number of fused-ring (bicyclic) bond motifs is 1. The van der Waals surface area contributed by atoms with E-state index in [0.29, 0.717) is 12.0 Å². The summed E-state index contributed by atoms with van der Waals surface area (Å²) in [6.45, 7) is 0.